The maximum absolute atomic E-state index is 12.7. The number of anilines is 1. The van der Waals surface area contributed by atoms with Gasteiger partial charge in [-0.25, -0.2) is 4.79 Å². The zero-order valence-corrected chi connectivity index (χ0v) is 19.7. The van der Waals surface area contributed by atoms with Crippen LogP contribution in [0.4, 0.5) is 10.5 Å². The van der Waals surface area contributed by atoms with E-state index >= 15 is 0 Å². The summed E-state index contributed by atoms with van der Waals surface area (Å²) in [5, 5.41) is 7.01. The van der Waals surface area contributed by atoms with E-state index in [0.29, 0.717) is 17.1 Å². The molecule has 0 saturated heterocycles. The summed E-state index contributed by atoms with van der Waals surface area (Å²) in [5.41, 5.74) is 7.74. The number of hydrogen-bond donors (Lipinski definition) is 1. The number of rotatable bonds is 6. The van der Waals surface area contributed by atoms with Gasteiger partial charge in [-0.15, -0.1) is 0 Å². The van der Waals surface area contributed by atoms with Crippen LogP contribution in [0.5, 0.6) is 0 Å². The molecule has 1 heterocycles. The zero-order valence-electron chi connectivity index (χ0n) is 19.7. The molecular weight excluding hydrogens is 424 g/mol. The molecule has 0 aliphatic heterocycles. The first-order valence-electron chi connectivity index (χ1n) is 11.7. The van der Waals surface area contributed by atoms with Gasteiger partial charge >= 0.3 is 6.09 Å². The van der Waals surface area contributed by atoms with Gasteiger partial charge in [-0.1, -0.05) is 78.0 Å². The van der Waals surface area contributed by atoms with Gasteiger partial charge < -0.3 is 9.26 Å². The monoisotopic (exact) mass is 452 g/mol. The Morgan fingerprint density at radius 2 is 1.56 bits per heavy atom. The minimum atomic E-state index is -0.546. The Balaban J connectivity index is 1.30. The Hall–Kier alpha value is -3.86. The first-order valence-corrected chi connectivity index (χ1v) is 11.7. The summed E-state index contributed by atoms with van der Waals surface area (Å²) in [5.74, 6) is 1.28. The average molecular weight is 453 g/mol. The number of nitrogens with one attached hydrogen (secondary N) is 1. The van der Waals surface area contributed by atoms with E-state index in [1.165, 1.54) is 24.0 Å². The molecule has 5 nitrogen and oxygen atoms in total. The lowest BCUT2D eigenvalue weighted by Gasteiger charge is -2.16. The van der Waals surface area contributed by atoms with Crippen molar-refractivity contribution in [2.45, 2.75) is 45.6 Å². The number of aromatic nitrogens is 1. The van der Waals surface area contributed by atoms with Crippen LogP contribution in [0.3, 0.4) is 0 Å². The van der Waals surface area contributed by atoms with Crippen LogP contribution >= 0.6 is 0 Å². The number of carbonyl (C=O) groups excluding carboxylic acids is 1. The Morgan fingerprint density at radius 3 is 2.21 bits per heavy atom. The van der Waals surface area contributed by atoms with Crippen LogP contribution in [0, 0.1) is 13.8 Å². The first-order chi connectivity index (χ1) is 16.5. The van der Waals surface area contributed by atoms with Gasteiger partial charge in [0.15, 0.2) is 5.76 Å². The van der Waals surface area contributed by atoms with E-state index in [9.17, 15) is 4.79 Å². The summed E-state index contributed by atoms with van der Waals surface area (Å²) in [7, 11) is 0. The predicted molar refractivity (Wildman–Crippen MR) is 134 cm³/mol. The van der Waals surface area contributed by atoms with Crippen LogP contribution in [0.15, 0.2) is 77.3 Å². The maximum atomic E-state index is 12.7. The maximum Gasteiger partial charge on any atom is 0.412 e. The van der Waals surface area contributed by atoms with Crippen LogP contribution < -0.4 is 5.32 Å². The first kappa shape index (κ1) is 22.0. The number of benzene rings is 3. The van der Waals surface area contributed by atoms with E-state index in [1.54, 1.807) is 6.92 Å². The van der Waals surface area contributed by atoms with Crippen molar-refractivity contribution in [3.8, 4) is 22.4 Å². The highest BCUT2D eigenvalue weighted by Gasteiger charge is 2.23. The fraction of sp³-hybridized carbons (Fsp3) is 0.241. The summed E-state index contributed by atoms with van der Waals surface area (Å²) in [6.07, 6.45) is 1.69. The molecule has 1 saturated carbocycles. The number of nitrogens with zero attached hydrogens (tertiary/aromatic N) is 1. The second-order valence-corrected chi connectivity index (χ2v) is 8.97. The van der Waals surface area contributed by atoms with Crippen LogP contribution in [0.2, 0.25) is 0 Å². The molecule has 0 spiro atoms. The molecule has 1 fully saturated rings. The van der Waals surface area contributed by atoms with Crippen LogP contribution in [0.1, 0.15) is 54.2 Å². The summed E-state index contributed by atoms with van der Waals surface area (Å²) in [6, 6.07) is 24.8. The standard InChI is InChI=1S/C29H28N2O3/c1-18-6-4-5-7-26(18)19(2)33-29(32)30-27-20(3)34-31-28(27)25-16-14-24(15-17-25)23-12-10-22(11-13-23)21-8-9-21/h4-7,10-17,19,21H,8-9H2,1-3H3,(H,30,32)/t19-/m1/s1. The molecule has 3 aromatic carbocycles. The molecular formula is C29H28N2O3. The van der Waals surface area contributed by atoms with Crippen molar-refractivity contribution in [1.29, 1.82) is 0 Å². The third-order valence-corrected chi connectivity index (χ3v) is 6.45. The predicted octanol–water partition coefficient (Wildman–Crippen LogP) is 7.81. The van der Waals surface area contributed by atoms with Crippen molar-refractivity contribution < 1.29 is 14.1 Å². The molecule has 1 aliphatic carbocycles. The molecule has 1 amide bonds. The van der Waals surface area contributed by atoms with Gasteiger partial charge in [-0.2, -0.15) is 0 Å². The highest BCUT2D eigenvalue weighted by atomic mass is 16.6. The second kappa shape index (κ2) is 9.18. The quantitative estimate of drug-likeness (QED) is 0.324. The van der Waals surface area contributed by atoms with E-state index in [4.69, 9.17) is 9.26 Å². The number of amides is 1. The number of aryl methyl sites for hydroxylation is 2. The van der Waals surface area contributed by atoms with E-state index in [-0.39, 0.29) is 6.10 Å². The molecule has 1 aliphatic rings. The lowest BCUT2D eigenvalue weighted by molar-refractivity contribution is 0.121. The van der Waals surface area contributed by atoms with Crippen molar-refractivity contribution in [1.82, 2.24) is 5.16 Å². The smallest absolute Gasteiger partial charge is 0.412 e. The second-order valence-electron chi connectivity index (χ2n) is 8.97. The SMILES string of the molecule is Cc1ccccc1[C@@H](C)OC(=O)Nc1c(-c2ccc(-c3ccc(C4CC4)cc3)cc2)noc1C. The van der Waals surface area contributed by atoms with Gasteiger partial charge in [0.2, 0.25) is 0 Å². The normalized spacial score (nSPS) is 14.0. The fourth-order valence-electron chi connectivity index (χ4n) is 4.30. The molecule has 5 heteroatoms. The molecule has 0 unspecified atom stereocenters. The topological polar surface area (TPSA) is 64.4 Å². The van der Waals surface area contributed by atoms with E-state index in [1.807, 2.05) is 50.2 Å². The molecule has 0 bridgehead atoms. The third kappa shape index (κ3) is 4.60. The zero-order chi connectivity index (χ0) is 23.7. The Morgan fingerprint density at radius 1 is 0.941 bits per heavy atom. The molecule has 1 atom stereocenters. The summed E-state index contributed by atoms with van der Waals surface area (Å²) >= 11 is 0. The van der Waals surface area contributed by atoms with Gasteiger partial charge in [0.25, 0.3) is 0 Å². The summed E-state index contributed by atoms with van der Waals surface area (Å²) in [6.45, 7) is 5.63. The Kier molecular flexibility index (Phi) is 5.93. The molecule has 34 heavy (non-hydrogen) atoms. The van der Waals surface area contributed by atoms with Crippen LogP contribution in [0.25, 0.3) is 22.4 Å². The van der Waals surface area contributed by atoms with Gasteiger partial charge in [-0.3, -0.25) is 5.32 Å². The molecule has 172 valence electrons. The fourth-order valence-corrected chi connectivity index (χ4v) is 4.30. The number of hydrogen-bond acceptors (Lipinski definition) is 4. The molecule has 4 aromatic rings. The number of carbonyl (C=O) groups is 1. The van der Waals surface area contributed by atoms with Crippen molar-refractivity contribution in [2.75, 3.05) is 5.32 Å². The van der Waals surface area contributed by atoms with E-state index < -0.39 is 6.09 Å². The largest absolute Gasteiger partial charge is 0.441 e. The highest BCUT2D eigenvalue weighted by Crippen LogP contribution is 2.40. The minimum Gasteiger partial charge on any atom is -0.441 e. The third-order valence-electron chi connectivity index (χ3n) is 6.45. The van der Waals surface area contributed by atoms with Crippen LogP contribution in [-0.2, 0) is 4.74 Å². The molecule has 5 rings (SSSR count). The van der Waals surface area contributed by atoms with E-state index in [2.05, 4.69) is 46.9 Å². The Bertz CT molecular complexity index is 1300. The van der Waals surface area contributed by atoms with Gasteiger partial charge in [0.05, 0.1) is 0 Å². The lowest BCUT2D eigenvalue weighted by Crippen LogP contribution is -2.17. The molecule has 1 N–H and O–H groups in total. The van der Waals surface area contributed by atoms with Crippen molar-refractivity contribution in [3.63, 3.8) is 0 Å². The Labute approximate surface area is 199 Å². The minimum absolute atomic E-state index is 0.379. The number of ether oxygens (including phenoxy) is 1. The van der Waals surface area contributed by atoms with Crippen molar-refractivity contribution in [3.05, 3.63) is 95.2 Å². The van der Waals surface area contributed by atoms with Crippen LogP contribution in [-0.4, -0.2) is 11.2 Å². The summed E-state index contributed by atoms with van der Waals surface area (Å²) in [4.78, 5) is 12.7. The lowest BCUT2D eigenvalue weighted by atomic mass is 10.00. The molecule has 1 aromatic heterocycles. The average Bonchev–Trinajstić information content (AvgIpc) is 3.64. The molecule has 0 radical (unpaired) electrons. The summed E-state index contributed by atoms with van der Waals surface area (Å²) < 4.78 is 11.0. The van der Waals surface area contributed by atoms with Crippen molar-refractivity contribution in [2.24, 2.45) is 0 Å². The van der Waals surface area contributed by atoms with Gasteiger partial charge in [-0.05, 0) is 67.3 Å². The van der Waals surface area contributed by atoms with Crippen molar-refractivity contribution >= 4 is 11.8 Å². The van der Waals surface area contributed by atoms with Gasteiger partial charge in [0.1, 0.15) is 17.5 Å². The van der Waals surface area contributed by atoms with E-state index in [0.717, 1.165) is 28.2 Å². The highest BCUT2D eigenvalue weighted by molar-refractivity contribution is 5.91. The van der Waals surface area contributed by atoms with Gasteiger partial charge in [0, 0.05) is 5.56 Å².